The average Bonchev–Trinajstić information content (AvgIpc) is 2.56. The van der Waals surface area contributed by atoms with Crippen molar-refractivity contribution in [2.24, 2.45) is 5.92 Å². The zero-order chi connectivity index (χ0) is 17.5. The summed E-state index contributed by atoms with van der Waals surface area (Å²) < 4.78 is 4.75. The molecule has 23 heavy (non-hydrogen) atoms. The molecular weight excluding hydrogens is 296 g/mol. The Hall–Kier alpha value is -1.85. The number of ether oxygens (including phenoxy) is 1. The Balaban J connectivity index is 3.40. The van der Waals surface area contributed by atoms with Gasteiger partial charge in [0.05, 0.1) is 6.54 Å². The van der Waals surface area contributed by atoms with E-state index in [0.717, 1.165) is 38.2 Å². The Kier molecular flexibility index (Phi) is 12.7. The molecule has 0 aromatic rings. The van der Waals surface area contributed by atoms with Crippen LogP contribution in [0.3, 0.4) is 0 Å². The second-order valence-electron chi connectivity index (χ2n) is 5.49. The fourth-order valence-electron chi connectivity index (χ4n) is 1.82. The summed E-state index contributed by atoms with van der Waals surface area (Å²) in [6.07, 6.45) is 6.11. The lowest BCUT2D eigenvalue weighted by Gasteiger charge is -2.09. The maximum atomic E-state index is 11.5. The number of hydrogen-bond donors (Lipinski definition) is 2. The standard InChI is InChI=1S/C17H30N2O4/c1-4-14(3)17(22)19-11-9-7-6-8-10-15(20)18-12-13-23-16(21)5-2/h5,14H,2,4,6-13H2,1,3H3,(H,18,20)(H,19,22). The van der Waals surface area contributed by atoms with Crippen molar-refractivity contribution in [1.82, 2.24) is 10.6 Å². The van der Waals surface area contributed by atoms with Gasteiger partial charge in [-0.2, -0.15) is 0 Å². The highest BCUT2D eigenvalue weighted by Gasteiger charge is 2.08. The highest BCUT2D eigenvalue weighted by atomic mass is 16.5. The number of rotatable bonds is 13. The molecule has 132 valence electrons. The molecule has 1 unspecified atom stereocenters. The van der Waals surface area contributed by atoms with Crippen LogP contribution in [0.2, 0.25) is 0 Å². The minimum absolute atomic E-state index is 0.0373. The molecule has 0 saturated carbocycles. The van der Waals surface area contributed by atoms with E-state index in [1.807, 2.05) is 13.8 Å². The first kappa shape index (κ1) is 21.1. The van der Waals surface area contributed by atoms with E-state index < -0.39 is 5.97 Å². The third-order valence-electron chi connectivity index (χ3n) is 3.53. The number of carbonyl (C=O) groups is 3. The predicted octanol–water partition coefficient (Wildman–Crippen LogP) is 1.94. The van der Waals surface area contributed by atoms with Crippen LogP contribution in [0, 0.1) is 5.92 Å². The molecule has 0 rings (SSSR count). The molecule has 0 aromatic heterocycles. The van der Waals surface area contributed by atoms with Crippen LogP contribution in [0.15, 0.2) is 12.7 Å². The molecule has 0 aromatic carbocycles. The molecule has 2 amide bonds. The zero-order valence-electron chi connectivity index (χ0n) is 14.4. The van der Waals surface area contributed by atoms with Crippen LogP contribution in [0.5, 0.6) is 0 Å². The van der Waals surface area contributed by atoms with Gasteiger partial charge in [0.25, 0.3) is 0 Å². The molecule has 1 atom stereocenters. The third-order valence-corrected chi connectivity index (χ3v) is 3.53. The van der Waals surface area contributed by atoms with E-state index in [4.69, 9.17) is 4.74 Å². The molecule has 0 heterocycles. The highest BCUT2D eigenvalue weighted by Crippen LogP contribution is 2.03. The number of unbranched alkanes of at least 4 members (excludes halogenated alkanes) is 3. The lowest BCUT2D eigenvalue weighted by molar-refractivity contribution is -0.138. The molecule has 2 N–H and O–H groups in total. The van der Waals surface area contributed by atoms with Crippen LogP contribution in [-0.2, 0) is 19.1 Å². The van der Waals surface area contributed by atoms with Crippen LogP contribution in [0.4, 0.5) is 0 Å². The summed E-state index contributed by atoms with van der Waals surface area (Å²) in [6, 6.07) is 0. The molecule has 0 saturated heterocycles. The summed E-state index contributed by atoms with van der Waals surface area (Å²) in [7, 11) is 0. The lowest BCUT2D eigenvalue weighted by atomic mass is 10.1. The van der Waals surface area contributed by atoms with Crippen LogP contribution >= 0.6 is 0 Å². The van der Waals surface area contributed by atoms with Gasteiger partial charge < -0.3 is 15.4 Å². The molecule has 6 heteroatoms. The van der Waals surface area contributed by atoms with Crippen molar-refractivity contribution in [3.8, 4) is 0 Å². The molecule has 0 aliphatic rings. The molecule has 0 aliphatic carbocycles. The molecule has 0 radical (unpaired) electrons. The fraction of sp³-hybridized carbons (Fsp3) is 0.706. The van der Waals surface area contributed by atoms with Gasteiger partial charge in [-0.15, -0.1) is 0 Å². The summed E-state index contributed by atoms with van der Waals surface area (Å²) in [4.78, 5) is 33.8. The van der Waals surface area contributed by atoms with Crippen LogP contribution in [-0.4, -0.2) is 37.5 Å². The number of amides is 2. The Bertz CT molecular complexity index is 383. The van der Waals surface area contributed by atoms with Gasteiger partial charge in [-0.1, -0.05) is 33.3 Å². The lowest BCUT2D eigenvalue weighted by Crippen LogP contribution is -2.29. The van der Waals surface area contributed by atoms with Crippen molar-refractivity contribution in [3.63, 3.8) is 0 Å². The van der Waals surface area contributed by atoms with Crippen molar-refractivity contribution in [3.05, 3.63) is 12.7 Å². The number of esters is 1. The van der Waals surface area contributed by atoms with Gasteiger partial charge in [-0.25, -0.2) is 4.79 Å². The van der Waals surface area contributed by atoms with E-state index in [9.17, 15) is 14.4 Å². The van der Waals surface area contributed by atoms with E-state index in [-0.39, 0.29) is 24.3 Å². The second-order valence-corrected chi connectivity index (χ2v) is 5.49. The van der Waals surface area contributed by atoms with Crippen molar-refractivity contribution >= 4 is 17.8 Å². The Morgan fingerprint density at radius 2 is 1.78 bits per heavy atom. The largest absolute Gasteiger partial charge is 0.461 e. The summed E-state index contributed by atoms with van der Waals surface area (Å²) in [6.45, 7) is 8.38. The van der Waals surface area contributed by atoms with Gasteiger partial charge >= 0.3 is 5.97 Å². The van der Waals surface area contributed by atoms with E-state index in [2.05, 4.69) is 17.2 Å². The SMILES string of the molecule is C=CC(=O)OCCNC(=O)CCCCCCNC(=O)C(C)CC. The van der Waals surface area contributed by atoms with E-state index in [1.165, 1.54) is 0 Å². The zero-order valence-corrected chi connectivity index (χ0v) is 14.4. The topological polar surface area (TPSA) is 84.5 Å². The second kappa shape index (κ2) is 13.8. The minimum Gasteiger partial charge on any atom is -0.461 e. The van der Waals surface area contributed by atoms with Gasteiger partial charge in [0, 0.05) is 25.0 Å². The smallest absolute Gasteiger partial charge is 0.330 e. The summed E-state index contributed by atoms with van der Waals surface area (Å²) in [5.41, 5.74) is 0. The Labute approximate surface area is 139 Å². The van der Waals surface area contributed by atoms with Crippen molar-refractivity contribution in [1.29, 1.82) is 0 Å². The fourth-order valence-corrected chi connectivity index (χ4v) is 1.82. The quantitative estimate of drug-likeness (QED) is 0.308. The molecule has 6 nitrogen and oxygen atoms in total. The third kappa shape index (κ3) is 12.4. The molecule has 0 aliphatic heterocycles. The minimum atomic E-state index is -0.486. The normalized spacial score (nSPS) is 11.4. The van der Waals surface area contributed by atoms with Gasteiger partial charge in [0.15, 0.2) is 0 Å². The maximum absolute atomic E-state index is 11.5. The molecule has 0 bridgehead atoms. The van der Waals surface area contributed by atoms with Crippen LogP contribution < -0.4 is 10.6 Å². The van der Waals surface area contributed by atoms with Gasteiger partial charge in [0.1, 0.15) is 6.61 Å². The van der Waals surface area contributed by atoms with Crippen molar-refractivity contribution < 1.29 is 19.1 Å². The number of nitrogens with one attached hydrogen (secondary N) is 2. The summed E-state index contributed by atoms with van der Waals surface area (Å²) >= 11 is 0. The Morgan fingerprint density at radius 1 is 1.09 bits per heavy atom. The van der Waals surface area contributed by atoms with Crippen LogP contribution in [0.25, 0.3) is 0 Å². The van der Waals surface area contributed by atoms with E-state index >= 15 is 0 Å². The highest BCUT2D eigenvalue weighted by molar-refractivity contribution is 5.81. The first-order valence-electron chi connectivity index (χ1n) is 8.34. The molecule has 0 fully saturated rings. The average molecular weight is 326 g/mol. The first-order valence-corrected chi connectivity index (χ1v) is 8.34. The maximum Gasteiger partial charge on any atom is 0.330 e. The van der Waals surface area contributed by atoms with Crippen LogP contribution in [0.1, 0.15) is 52.4 Å². The van der Waals surface area contributed by atoms with E-state index in [0.29, 0.717) is 19.5 Å². The summed E-state index contributed by atoms with van der Waals surface area (Å²) in [5, 5.41) is 5.61. The van der Waals surface area contributed by atoms with Gasteiger partial charge in [-0.3, -0.25) is 9.59 Å². The molecule has 0 spiro atoms. The Morgan fingerprint density at radius 3 is 2.43 bits per heavy atom. The number of carbonyl (C=O) groups excluding carboxylic acids is 3. The van der Waals surface area contributed by atoms with E-state index in [1.54, 1.807) is 0 Å². The molecular formula is C17H30N2O4. The van der Waals surface area contributed by atoms with Crippen molar-refractivity contribution in [2.75, 3.05) is 19.7 Å². The monoisotopic (exact) mass is 326 g/mol. The first-order chi connectivity index (χ1) is 11.0. The van der Waals surface area contributed by atoms with Crippen molar-refractivity contribution in [2.45, 2.75) is 52.4 Å². The summed E-state index contributed by atoms with van der Waals surface area (Å²) in [5.74, 6) is -0.335. The van der Waals surface area contributed by atoms with Gasteiger partial charge in [-0.05, 0) is 19.3 Å². The predicted molar refractivity (Wildman–Crippen MR) is 89.7 cm³/mol. The van der Waals surface area contributed by atoms with Gasteiger partial charge in [0.2, 0.25) is 11.8 Å². The number of hydrogen-bond acceptors (Lipinski definition) is 4.